The summed E-state index contributed by atoms with van der Waals surface area (Å²) in [4.78, 5) is 22.2. The van der Waals surface area contributed by atoms with Crippen LogP contribution in [0.2, 0.25) is 0 Å². The normalized spacial score (nSPS) is 10.5. The van der Waals surface area contributed by atoms with Gasteiger partial charge >= 0.3 is 5.97 Å². The van der Waals surface area contributed by atoms with Crippen LogP contribution >= 0.6 is 0 Å². The Morgan fingerprint density at radius 1 is 1.40 bits per heavy atom. The minimum atomic E-state index is -1.43. The maximum Gasteiger partial charge on any atom is 0.341 e. The molecule has 0 saturated carbocycles. The van der Waals surface area contributed by atoms with E-state index in [0.29, 0.717) is 0 Å². The lowest BCUT2D eigenvalue weighted by molar-refractivity contribution is 0.0694. The predicted octanol–water partition coefficient (Wildman–Crippen LogP) is 1.14. The Kier molecular flexibility index (Phi) is 2.00. The van der Waals surface area contributed by atoms with Crippen LogP contribution < -0.4 is 5.56 Å². The molecular weight excluding hydrogens is 201 g/mol. The summed E-state index contributed by atoms with van der Waals surface area (Å²) in [6.07, 6.45) is 1.33. The summed E-state index contributed by atoms with van der Waals surface area (Å²) in [5.41, 5.74) is -1.25. The molecule has 5 heteroatoms. The van der Waals surface area contributed by atoms with Gasteiger partial charge in [-0.15, -0.1) is 0 Å². The van der Waals surface area contributed by atoms with E-state index in [0.717, 1.165) is 10.5 Å². The highest BCUT2D eigenvalue weighted by Crippen LogP contribution is 2.08. The topological polar surface area (TPSA) is 58.8 Å². The Hall–Kier alpha value is -2.17. The van der Waals surface area contributed by atoms with Crippen molar-refractivity contribution in [3.63, 3.8) is 0 Å². The first-order valence-corrected chi connectivity index (χ1v) is 4.14. The number of halogens is 1. The van der Waals surface area contributed by atoms with E-state index in [-0.39, 0.29) is 5.52 Å². The second kappa shape index (κ2) is 3.20. The van der Waals surface area contributed by atoms with Crippen molar-refractivity contribution >= 4 is 11.5 Å². The molecule has 0 aromatic carbocycles. The molecule has 0 spiro atoms. The summed E-state index contributed by atoms with van der Waals surface area (Å²) in [6, 6.07) is 5.24. The molecule has 0 radical (unpaired) electrons. The van der Waals surface area contributed by atoms with Crippen LogP contribution in [0.5, 0.6) is 0 Å². The second-order valence-electron chi connectivity index (χ2n) is 2.97. The van der Waals surface area contributed by atoms with Gasteiger partial charge in [-0.25, -0.2) is 9.18 Å². The summed E-state index contributed by atoms with van der Waals surface area (Å²) >= 11 is 0. The smallest absolute Gasteiger partial charge is 0.341 e. The number of carbonyl (C=O) groups is 1. The van der Waals surface area contributed by atoms with Crippen LogP contribution in [-0.4, -0.2) is 15.5 Å². The number of carboxylic acids is 1. The molecule has 2 rings (SSSR count). The van der Waals surface area contributed by atoms with Crippen molar-refractivity contribution in [1.82, 2.24) is 4.40 Å². The number of aromatic carboxylic acids is 1. The van der Waals surface area contributed by atoms with Crippen molar-refractivity contribution in [3.05, 3.63) is 52.2 Å². The Morgan fingerprint density at radius 3 is 2.80 bits per heavy atom. The number of fused-ring (bicyclic) bond motifs is 1. The zero-order valence-electron chi connectivity index (χ0n) is 7.48. The van der Waals surface area contributed by atoms with Gasteiger partial charge in [-0.1, -0.05) is 6.07 Å². The Morgan fingerprint density at radius 2 is 2.13 bits per heavy atom. The van der Waals surface area contributed by atoms with Crippen molar-refractivity contribution in [2.45, 2.75) is 0 Å². The second-order valence-corrected chi connectivity index (χ2v) is 2.97. The highest BCUT2D eigenvalue weighted by atomic mass is 19.1. The molecule has 0 atom stereocenters. The van der Waals surface area contributed by atoms with E-state index in [1.165, 1.54) is 18.3 Å². The first-order chi connectivity index (χ1) is 7.11. The van der Waals surface area contributed by atoms with Crippen molar-refractivity contribution in [2.24, 2.45) is 0 Å². The molecule has 0 amide bonds. The van der Waals surface area contributed by atoms with Gasteiger partial charge < -0.3 is 5.11 Å². The fourth-order valence-electron chi connectivity index (χ4n) is 1.36. The molecule has 0 unspecified atom stereocenters. The van der Waals surface area contributed by atoms with Gasteiger partial charge in [0.25, 0.3) is 5.56 Å². The molecule has 0 aliphatic heterocycles. The van der Waals surface area contributed by atoms with Gasteiger partial charge in [0, 0.05) is 6.20 Å². The molecule has 0 saturated heterocycles. The fraction of sp³-hybridized carbons (Fsp3) is 0. The standard InChI is InChI=1S/C10H6FNO3/c11-7-5-6(10(14)15)9(13)12-4-2-1-3-8(7)12/h1-5H,(H,14,15). The zero-order valence-corrected chi connectivity index (χ0v) is 7.48. The molecule has 2 aromatic heterocycles. The molecule has 0 aliphatic carbocycles. The molecular formula is C10H6FNO3. The molecule has 0 bridgehead atoms. The third kappa shape index (κ3) is 1.38. The maximum atomic E-state index is 13.4. The van der Waals surface area contributed by atoms with E-state index in [1.807, 2.05) is 0 Å². The van der Waals surface area contributed by atoms with Crippen LogP contribution in [0.25, 0.3) is 5.52 Å². The molecule has 15 heavy (non-hydrogen) atoms. The third-order valence-corrected chi connectivity index (χ3v) is 2.06. The molecule has 1 N–H and O–H groups in total. The third-order valence-electron chi connectivity index (χ3n) is 2.06. The number of carboxylic acid groups (broad SMARTS) is 1. The maximum absolute atomic E-state index is 13.4. The van der Waals surface area contributed by atoms with Gasteiger partial charge in [-0.05, 0) is 18.2 Å². The Labute approximate surface area is 83.2 Å². The number of rotatable bonds is 1. The molecule has 76 valence electrons. The van der Waals surface area contributed by atoms with E-state index in [2.05, 4.69) is 0 Å². The quantitative estimate of drug-likeness (QED) is 0.762. The van der Waals surface area contributed by atoms with Crippen LogP contribution in [0.3, 0.4) is 0 Å². The average Bonchev–Trinajstić information content (AvgIpc) is 2.23. The van der Waals surface area contributed by atoms with Crippen molar-refractivity contribution < 1.29 is 14.3 Å². The summed E-state index contributed by atoms with van der Waals surface area (Å²) < 4.78 is 14.3. The molecule has 2 aromatic rings. The lowest BCUT2D eigenvalue weighted by atomic mass is 10.2. The summed E-state index contributed by atoms with van der Waals surface area (Å²) in [5.74, 6) is -2.16. The predicted molar refractivity (Wildman–Crippen MR) is 50.6 cm³/mol. The first-order valence-electron chi connectivity index (χ1n) is 4.14. The highest BCUT2D eigenvalue weighted by molar-refractivity contribution is 5.87. The molecule has 4 nitrogen and oxygen atoms in total. The van der Waals surface area contributed by atoms with E-state index in [1.54, 1.807) is 6.07 Å². The first kappa shape index (κ1) is 9.39. The van der Waals surface area contributed by atoms with Gasteiger partial charge in [0.15, 0.2) is 0 Å². The summed E-state index contributed by atoms with van der Waals surface area (Å²) in [6.45, 7) is 0. The van der Waals surface area contributed by atoms with Gasteiger partial charge in [-0.2, -0.15) is 0 Å². The van der Waals surface area contributed by atoms with E-state index in [4.69, 9.17) is 5.11 Å². The lowest BCUT2D eigenvalue weighted by Crippen LogP contribution is -2.22. The number of hydrogen-bond acceptors (Lipinski definition) is 2. The van der Waals surface area contributed by atoms with Crippen LogP contribution in [0.15, 0.2) is 35.3 Å². The molecule has 0 aliphatic rings. The van der Waals surface area contributed by atoms with Gasteiger partial charge in [0.1, 0.15) is 11.4 Å². The minimum absolute atomic E-state index is 0.0625. The number of aromatic nitrogens is 1. The molecule has 0 fully saturated rings. The lowest BCUT2D eigenvalue weighted by Gasteiger charge is -2.02. The van der Waals surface area contributed by atoms with E-state index >= 15 is 0 Å². The number of pyridine rings is 2. The Bertz CT molecular complexity index is 603. The average molecular weight is 207 g/mol. The molecule has 2 heterocycles. The van der Waals surface area contributed by atoms with Crippen molar-refractivity contribution in [3.8, 4) is 0 Å². The number of hydrogen-bond donors (Lipinski definition) is 1. The van der Waals surface area contributed by atoms with Gasteiger partial charge in [0.2, 0.25) is 0 Å². The van der Waals surface area contributed by atoms with Crippen molar-refractivity contribution in [1.29, 1.82) is 0 Å². The van der Waals surface area contributed by atoms with E-state index < -0.39 is 22.9 Å². The highest BCUT2D eigenvalue weighted by Gasteiger charge is 2.13. The monoisotopic (exact) mass is 207 g/mol. The SMILES string of the molecule is O=C(O)c1cc(F)c2ccccn2c1=O. The fourth-order valence-corrected chi connectivity index (χ4v) is 1.36. The Balaban J connectivity index is 2.97. The summed E-state index contributed by atoms with van der Waals surface area (Å²) in [5, 5.41) is 8.67. The van der Waals surface area contributed by atoms with Crippen LogP contribution in [-0.2, 0) is 0 Å². The summed E-state index contributed by atoms with van der Waals surface area (Å²) in [7, 11) is 0. The van der Waals surface area contributed by atoms with Crippen LogP contribution in [0, 0.1) is 5.82 Å². The van der Waals surface area contributed by atoms with E-state index in [9.17, 15) is 14.0 Å². The van der Waals surface area contributed by atoms with Gasteiger partial charge in [0.05, 0.1) is 5.52 Å². The minimum Gasteiger partial charge on any atom is -0.477 e. The van der Waals surface area contributed by atoms with Gasteiger partial charge in [-0.3, -0.25) is 9.20 Å². The zero-order chi connectivity index (χ0) is 11.0. The van der Waals surface area contributed by atoms with Crippen molar-refractivity contribution in [2.75, 3.05) is 0 Å². The van der Waals surface area contributed by atoms with Crippen LogP contribution in [0.1, 0.15) is 10.4 Å². The number of nitrogens with zero attached hydrogens (tertiary/aromatic N) is 1. The largest absolute Gasteiger partial charge is 0.477 e. The van der Waals surface area contributed by atoms with Crippen LogP contribution in [0.4, 0.5) is 4.39 Å².